The lowest BCUT2D eigenvalue weighted by Gasteiger charge is -2.24. The Labute approximate surface area is 232 Å². The van der Waals surface area contributed by atoms with Crippen molar-refractivity contribution < 1.29 is 23.3 Å². The van der Waals surface area contributed by atoms with Crippen molar-refractivity contribution >= 4 is 51.6 Å². The molecule has 0 spiro atoms. The number of ether oxygens (including phenoxy) is 1. The van der Waals surface area contributed by atoms with Crippen LogP contribution in [0.2, 0.25) is 5.02 Å². The minimum absolute atomic E-state index is 0.165. The van der Waals surface area contributed by atoms with Gasteiger partial charge in [0.2, 0.25) is 0 Å². The second kappa shape index (κ2) is 11.2. The summed E-state index contributed by atoms with van der Waals surface area (Å²) in [5, 5.41) is 3.33. The number of hydrogen-bond acceptors (Lipinski definition) is 5. The van der Waals surface area contributed by atoms with Crippen LogP contribution in [-0.4, -0.2) is 28.6 Å². The Morgan fingerprint density at radius 1 is 0.897 bits per heavy atom. The normalized spacial score (nSPS) is 14.2. The van der Waals surface area contributed by atoms with Gasteiger partial charge in [0.1, 0.15) is 0 Å². The number of hydrogen-bond donors (Lipinski definition) is 1. The Kier molecular flexibility index (Phi) is 7.58. The van der Waals surface area contributed by atoms with E-state index in [1.54, 1.807) is 91.9 Å². The van der Waals surface area contributed by atoms with Gasteiger partial charge in [-0.2, -0.15) is 0 Å². The summed E-state index contributed by atoms with van der Waals surface area (Å²) in [4.78, 5) is 41.2. The van der Waals surface area contributed by atoms with Crippen molar-refractivity contribution in [3.05, 3.63) is 118 Å². The van der Waals surface area contributed by atoms with Gasteiger partial charge in [0.25, 0.3) is 11.8 Å². The third-order valence-corrected chi connectivity index (χ3v) is 7.89. The Morgan fingerprint density at radius 3 is 2.38 bits per heavy atom. The number of anilines is 2. The molecule has 196 valence electrons. The molecule has 1 heterocycles. The van der Waals surface area contributed by atoms with Crippen molar-refractivity contribution in [1.29, 1.82) is 0 Å². The molecule has 1 aliphatic heterocycles. The van der Waals surface area contributed by atoms with E-state index in [1.807, 2.05) is 6.07 Å². The van der Waals surface area contributed by atoms with Crippen LogP contribution < -0.4 is 10.2 Å². The summed E-state index contributed by atoms with van der Waals surface area (Å²) < 4.78 is 18.6. The fourth-order valence-electron chi connectivity index (χ4n) is 4.29. The first-order valence-corrected chi connectivity index (χ1v) is 13.7. The summed E-state index contributed by atoms with van der Waals surface area (Å²) in [7, 11) is -1.64. The number of carbonyl (C=O) groups is 3. The third kappa shape index (κ3) is 5.48. The number of halogens is 1. The van der Waals surface area contributed by atoms with Crippen LogP contribution in [0.4, 0.5) is 11.4 Å². The highest BCUT2D eigenvalue weighted by molar-refractivity contribution is 7.85. The molecule has 0 saturated carbocycles. The van der Waals surface area contributed by atoms with Gasteiger partial charge in [0, 0.05) is 16.3 Å². The first kappa shape index (κ1) is 26.3. The van der Waals surface area contributed by atoms with E-state index in [0.717, 1.165) is 5.56 Å². The maximum absolute atomic E-state index is 13.8. The molecule has 1 atom stereocenters. The van der Waals surface area contributed by atoms with Crippen LogP contribution in [0.5, 0.6) is 0 Å². The molecule has 5 rings (SSSR count). The second-order valence-corrected chi connectivity index (χ2v) is 10.6. The minimum Gasteiger partial charge on any atom is -0.462 e. The average molecular weight is 559 g/mol. The molecule has 0 fully saturated rings. The maximum Gasteiger partial charge on any atom is 0.338 e. The number of esters is 1. The molecule has 1 N–H and O–H groups in total. The van der Waals surface area contributed by atoms with Crippen LogP contribution in [0.25, 0.3) is 0 Å². The van der Waals surface area contributed by atoms with E-state index in [0.29, 0.717) is 37.3 Å². The quantitative estimate of drug-likeness (QED) is 0.289. The van der Waals surface area contributed by atoms with E-state index in [9.17, 15) is 18.6 Å². The SMILES string of the molecule is CCOC(=O)c1ccc(NC(=O)c2ccc3c(c2)N(Cc2cccc(Cl)c2)C(=O)c2ccccc2[S@@]3=O)cc1. The van der Waals surface area contributed by atoms with Crippen molar-refractivity contribution in [2.24, 2.45) is 0 Å². The van der Waals surface area contributed by atoms with Crippen LogP contribution in [0.3, 0.4) is 0 Å². The maximum atomic E-state index is 13.8. The second-order valence-electron chi connectivity index (χ2n) is 8.72. The molecule has 0 saturated heterocycles. The molecule has 1 aliphatic rings. The molecule has 0 aliphatic carbocycles. The summed E-state index contributed by atoms with van der Waals surface area (Å²) in [5.74, 6) is -1.20. The van der Waals surface area contributed by atoms with Gasteiger partial charge in [-0.15, -0.1) is 0 Å². The van der Waals surface area contributed by atoms with E-state index >= 15 is 0 Å². The fourth-order valence-corrected chi connectivity index (χ4v) is 5.84. The van der Waals surface area contributed by atoms with Gasteiger partial charge in [-0.25, -0.2) is 9.00 Å². The number of nitrogens with zero attached hydrogens (tertiary/aromatic N) is 1. The Balaban J connectivity index is 1.50. The van der Waals surface area contributed by atoms with Crippen LogP contribution in [0.1, 0.15) is 43.6 Å². The molecule has 4 aromatic carbocycles. The zero-order valence-corrected chi connectivity index (χ0v) is 22.4. The van der Waals surface area contributed by atoms with Crippen LogP contribution in [0.15, 0.2) is 101 Å². The third-order valence-electron chi connectivity index (χ3n) is 6.16. The lowest BCUT2D eigenvalue weighted by atomic mass is 10.1. The standard InChI is InChI=1S/C30H23ClN2O5S/c1-2-38-30(36)20-10-13-23(14-11-20)32-28(34)21-12-15-27-25(17-21)33(18-19-6-5-7-22(31)16-19)29(35)24-8-3-4-9-26(24)39(27)37/h3-17H,2,18H2,1H3,(H,32,34)/t39-/m0/s1. The highest BCUT2D eigenvalue weighted by atomic mass is 35.5. The number of carbonyl (C=O) groups excluding carboxylic acids is 3. The van der Waals surface area contributed by atoms with E-state index < -0.39 is 22.7 Å². The van der Waals surface area contributed by atoms with Gasteiger partial charge in [0.05, 0.1) is 50.6 Å². The topological polar surface area (TPSA) is 92.8 Å². The average Bonchev–Trinajstić information content (AvgIpc) is 3.03. The largest absolute Gasteiger partial charge is 0.462 e. The summed E-state index contributed by atoms with van der Waals surface area (Å²) in [5.41, 5.74) is 2.61. The van der Waals surface area contributed by atoms with Gasteiger partial charge >= 0.3 is 5.97 Å². The monoisotopic (exact) mass is 558 g/mol. The highest BCUT2D eigenvalue weighted by Crippen LogP contribution is 2.36. The van der Waals surface area contributed by atoms with E-state index in [-0.39, 0.29) is 24.6 Å². The number of fused-ring (bicyclic) bond motifs is 2. The summed E-state index contributed by atoms with van der Waals surface area (Å²) in [6, 6.07) is 25.1. The Hall–Kier alpha value is -4.27. The van der Waals surface area contributed by atoms with E-state index in [2.05, 4.69) is 5.32 Å². The van der Waals surface area contributed by atoms with Gasteiger partial charge in [-0.3, -0.25) is 9.59 Å². The lowest BCUT2D eigenvalue weighted by Crippen LogP contribution is -2.30. The van der Waals surface area contributed by atoms with Crippen molar-refractivity contribution in [2.75, 3.05) is 16.8 Å². The zero-order chi connectivity index (χ0) is 27.5. The smallest absolute Gasteiger partial charge is 0.338 e. The molecule has 0 radical (unpaired) electrons. The predicted octanol–water partition coefficient (Wildman–Crippen LogP) is 6.10. The first-order valence-electron chi connectivity index (χ1n) is 12.2. The van der Waals surface area contributed by atoms with Crippen molar-refractivity contribution in [3.63, 3.8) is 0 Å². The van der Waals surface area contributed by atoms with Crippen LogP contribution >= 0.6 is 11.6 Å². The summed E-state index contributed by atoms with van der Waals surface area (Å²) in [6.07, 6.45) is 0. The van der Waals surface area contributed by atoms with E-state index in [1.165, 1.54) is 4.90 Å². The van der Waals surface area contributed by atoms with Crippen LogP contribution in [0, 0.1) is 0 Å². The van der Waals surface area contributed by atoms with Gasteiger partial charge in [-0.05, 0) is 79.2 Å². The van der Waals surface area contributed by atoms with Crippen molar-refractivity contribution in [3.8, 4) is 0 Å². The molecular formula is C30H23ClN2O5S. The molecule has 2 amide bonds. The fraction of sp³-hybridized carbons (Fsp3) is 0.100. The number of benzene rings is 4. The van der Waals surface area contributed by atoms with E-state index in [4.69, 9.17) is 16.3 Å². The molecule has 0 bridgehead atoms. The molecule has 39 heavy (non-hydrogen) atoms. The van der Waals surface area contributed by atoms with Crippen molar-refractivity contribution in [2.45, 2.75) is 23.3 Å². The molecule has 9 heteroatoms. The molecule has 0 unspecified atom stereocenters. The number of amides is 2. The Morgan fingerprint density at radius 2 is 1.64 bits per heavy atom. The van der Waals surface area contributed by atoms with Crippen molar-refractivity contribution in [1.82, 2.24) is 0 Å². The highest BCUT2D eigenvalue weighted by Gasteiger charge is 2.31. The van der Waals surface area contributed by atoms with Gasteiger partial charge in [-0.1, -0.05) is 35.9 Å². The zero-order valence-electron chi connectivity index (χ0n) is 20.8. The van der Waals surface area contributed by atoms with Gasteiger partial charge < -0.3 is 15.0 Å². The molecule has 7 nitrogen and oxygen atoms in total. The Bertz CT molecular complexity index is 1620. The predicted molar refractivity (Wildman–Crippen MR) is 150 cm³/mol. The molecular weight excluding hydrogens is 536 g/mol. The minimum atomic E-state index is -1.64. The number of rotatable bonds is 6. The summed E-state index contributed by atoms with van der Waals surface area (Å²) >= 11 is 6.19. The lowest BCUT2D eigenvalue weighted by molar-refractivity contribution is 0.0526. The molecule has 4 aromatic rings. The number of nitrogens with one attached hydrogen (secondary N) is 1. The van der Waals surface area contributed by atoms with Gasteiger partial charge in [0.15, 0.2) is 0 Å². The van der Waals surface area contributed by atoms with Crippen LogP contribution in [-0.2, 0) is 22.1 Å². The molecule has 0 aromatic heterocycles. The first-order chi connectivity index (χ1) is 18.9. The summed E-state index contributed by atoms with van der Waals surface area (Å²) in [6.45, 7) is 2.16.